The lowest BCUT2D eigenvalue weighted by Gasteiger charge is -2.11. The van der Waals surface area contributed by atoms with Crippen LogP contribution in [0.25, 0.3) is 0 Å². The van der Waals surface area contributed by atoms with E-state index in [9.17, 15) is 14.3 Å². The molecular formula is C16H15ClFNO3. The first-order chi connectivity index (χ1) is 10.5. The van der Waals surface area contributed by atoms with E-state index >= 15 is 0 Å². The van der Waals surface area contributed by atoms with E-state index in [-0.39, 0.29) is 18.9 Å². The van der Waals surface area contributed by atoms with Crippen molar-refractivity contribution in [1.82, 2.24) is 5.32 Å². The van der Waals surface area contributed by atoms with Gasteiger partial charge in [0.1, 0.15) is 0 Å². The SMILES string of the molecule is O=C(CC(O)c1ccc(Cl)cc1)NCc1ccc(O)c(F)c1. The first-order valence-electron chi connectivity index (χ1n) is 6.63. The van der Waals surface area contributed by atoms with Crippen molar-refractivity contribution in [3.05, 3.63) is 64.4 Å². The highest BCUT2D eigenvalue weighted by atomic mass is 35.5. The molecule has 0 saturated carbocycles. The highest BCUT2D eigenvalue weighted by Gasteiger charge is 2.13. The maximum absolute atomic E-state index is 13.2. The molecule has 0 aliphatic rings. The van der Waals surface area contributed by atoms with Gasteiger partial charge >= 0.3 is 0 Å². The molecule has 0 spiro atoms. The topological polar surface area (TPSA) is 69.6 Å². The zero-order chi connectivity index (χ0) is 16.1. The molecule has 0 heterocycles. The van der Waals surface area contributed by atoms with Crippen molar-refractivity contribution in [3.63, 3.8) is 0 Å². The summed E-state index contributed by atoms with van der Waals surface area (Å²) >= 11 is 5.75. The van der Waals surface area contributed by atoms with Crippen molar-refractivity contribution in [2.24, 2.45) is 0 Å². The maximum Gasteiger partial charge on any atom is 0.223 e. The number of hydrogen-bond acceptors (Lipinski definition) is 3. The molecule has 1 unspecified atom stereocenters. The van der Waals surface area contributed by atoms with Crippen molar-refractivity contribution in [2.75, 3.05) is 0 Å². The Kier molecular flexibility index (Phi) is 5.35. The molecule has 0 aliphatic heterocycles. The monoisotopic (exact) mass is 323 g/mol. The molecule has 0 radical (unpaired) electrons. The summed E-state index contributed by atoms with van der Waals surface area (Å²) in [6, 6.07) is 10.4. The number of halogens is 2. The van der Waals surface area contributed by atoms with Gasteiger partial charge < -0.3 is 15.5 Å². The highest BCUT2D eigenvalue weighted by molar-refractivity contribution is 6.30. The van der Waals surface area contributed by atoms with Gasteiger partial charge in [0.25, 0.3) is 0 Å². The Labute approximate surface area is 132 Å². The zero-order valence-corrected chi connectivity index (χ0v) is 12.3. The summed E-state index contributed by atoms with van der Waals surface area (Å²) in [5, 5.41) is 22.2. The second-order valence-electron chi connectivity index (χ2n) is 4.83. The number of carbonyl (C=O) groups is 1. The molecule has 0 aliphatic carbocycles. The van der Waals surface area contributed by atoms with Gasteiger partial charge in [-0.3, -0.25) is 4.79 Å². The standard InChI is InChI=1S/C16H15ClFNO3/c17-12-4-2-11(3-5-12)15(21)8-16(22)19-9-10-1-6-14(20)13(18)7-10/h1-7,15,20-21H,8-9H2,(H,19,22). The minimum Gasteiger partial charge on any atom is -0.505 e. The van der Waals surface area contributed by atoms with Crippen LogP contribution in [0, 0.1) is 5.82 Å². The molecule has 1 atom stereocenters. The minimum atomic E-state index is -0.936. The number of nitrogens with one attached hydrogen (secondary N) is 1. The van der Waals surface area contributed by atoms with Crippen LogP contribution in [0.1, 0.15) is 23.7 Å². The number of benzene rings is 2. The predicted molar refractivity (Wildman–Crippen MR) is 80.9 cm³/mol. The smallest absolute Gasteiger partial charge is 0.223 e. The summed E-state index contributed by atoms with van der Waals surface area (Å²) < 4.78 is 13.2. The Morgan fingerprint density at radius 1 is 1.23 bits per heavy atom. The van der Waals surface area contributed by atoms with E-state index in [4.69, 9.17) is 16.7 Å². The Bertz CT molecular complexity index is 661. The minimum absolute atomic E-state index is 0.109. The first kappa shape index (κ1) is 16.3. The number of phenols is 1. The van der Waals surface area contributed by atoms with Crippen molar-refractivity contribution in [3.8, 4) is 5.75 Å². The average Bonchev–Trinajstić information content (AvgIpc) is 2.49. The molecule has 22 heavy (non-hydrogen) atoms. The third kappa shape index (κ3) is 4.44. The molecule has 2 aromatic carbocycles. The molecule has 0 saturated heterocycles. The summed E-state index contributed by atoms with van der Waals surface area (Å²) in [7, 11) is 0. The second-order valence-corrected chi connectivity index (χ2v) is 5.27. The fraction of sp³-hybridized carbons (Fsp3) is 0.188. The molecule has 1 amide bonds. The summed E-state index contributed by atoms with van der Waals surface area (Å²) in [5.41, 5.74) is 1.11. The van der Waals surface area contributed by atoms with Crippen molar-refractivity contribution < 1.29 is 19.4 Å². The van der Waals surface area contributed by atoms with Crippen LogP contribution >= 0.6 is 11.6 Å². The van der Waals surface area contributed by atoms with E-state index in [2.05, 4.69) is 5.32 Å². The molecule has 3 N–H and O–H groups in total. The van der Waals surface area contributed by atoms with Gasteiger partial charge in [0.05, 0.1) is 12.5 Å². The maximum atomic E-state index is 13.2. The molecule has 6 heteroatoms. The average molecular weight is 324 g/mol. The number of aliphatic hydroxyl groups excluding tert-OH is 1. The van der Waals surface area contributed by atoms with Crippen molar-refractivity contribution >= 4 is 17.5 Å². The van der Waals surface area contributed by atoms with E-state index in [0.717, 1.165) is 6.07 Å². The Hall–Kier alpha value is -2.11. The van der Waals surface area contributed by atoms with Crippen LogP contribution in [0.2, 0.25) is 5.02 Å². The van der Waals surface area contributed by atoms with Crippen LogP contribution in [0.3, 0.4) is 0 Å². The number of amides is 1. The molecule has 4 nitrogen and oxygen atoms in total. The Morgan fingerprint density at radius 3 is 2.55 bits per heavy atom. The molecule has 0 fully saturated rings. The van der Waals surface area contributed by atoms with E-state index in [1.54, 1.807) is 24.3 Å². The molecular weight excluding hydrogens is 309 g/mol. The Balaban J connectivity index is 1.87. The van der Waals surface area contributed by atoms with E-state index in [0.29, 0.717) is 16.1 Å². The number of rotatable bonds is 5. The zero-order valence-electron chi connectivity index (χ0n) is 11.6. The van der Waals surface area contributed by atoms with Crippen LogP contribution in [0.4, 0.5) is 4.39 Å². The molecule has 2 rings (SSSR count). The number of hydrogen-bond donors (Lipinski definition) is 3. The number of aliphatic hydroxyl groups is 1. The van der Waals surface area contributed by atoms with Crippen molar-refractivity contribution in [2.45, 2.75) is 19.1 Å². The van der Waals surface area contributed by atoms with Gasteiger partial charge in [-0.15, -0.1) is 0 Å². The van der Waals surface area contributed by atoms with Gasteiger partial charge in [-0.2, -0.15) is 0 Å². The number of aromatic hydroxyl groups is 1. The molecule has 116 valence electrons. The predicted octanol–water partition coefficient (Wildman–Crippen LogP) is 2.92. The summed E-state index contributed by atoms with van der Waals surface area (Å²) in [4.78, 5) is 11.8. The second kappa shape index (κ2) is 7.24. The van der Waals surface area contributed by atoms with E-state index in [1.807, 2.05) is 0 Å². The lowest BCUT2D eigenvalue weighted by atomic mass is 10.1. The third-order valence-corrected chi connectivity index (χ3v) is 3.39. The van der Waals surface area contributed by atoms with Crippen molar-refractivity contribution in [1.29, 1.82) is 0 Å². The normalized spacial score (nSPS) is 12.0. The van der Waals surface area contributed by atoms with Gasteiger partial charge in [0, 0.05) is 11.6 Å². The fourth-order valence-corrected chi connectivity index (χ4v) is 2.04. The quantitative estimate of drug-likeness (QED) is 0.792. The Morgan fingerprint density at radius 2 is 1.91 bits per heavy atom. The van der Waals surface area contributed by atoms with E-state index < -0.39 is 17.7 Å². The molecule has 2 aromatic rings. The molecule has 0 bridgehead atoms. The third-order valence-electron chi connectivity index (χ3n) is 3.14. The van der Waals surface area contributed by atoms with Crippen LogP contribution in [0.15, 0.2) is 42.5 Å². The lowest BCUT2D eigenvalue weighted by Crippen LogP contribution is -2.24. The summed E-state index contributed by atoms with van der Waals surface area (Å²) in [6.45, 7) is 0.114. The van der Waals surface area contributed by atoms with Gasteiger partial charge in [0.15, 0.2) is 11.6 Å². The van der Waals surface area contributed by atoms with Crippen LogP contribution in [-0.4, -0.2) is 16.1 Å². The fourth-order valence-electron chi connectivity index (χ4n) is 1.91. The lowest BCUT2D eigenvalue weighted by molar-refractivity contribution is -0.123. The van der Waals surface area contributed by atoms with Gasteiger partial charge in [-0.05, 0) is 35.4 Å². The van der Waals surface area contributed by atoms with Gasteiger partial charge in [0.2, 0.25) is 5.91 Å². The number of phenolic OH excluding ortho intramolecular Hbond substituents is 1. The van der Waals surface area contributed by atoms with Crippen LogP contribution in [0.5, 0.6) is 5.75 Å². The number of carbonyl (C=O) groups excluding carboxylic acids is 1. The summed E-state index contributed by atoms with van der Waals surface area (Å²) in [6.07, 6.45) is -1.05. The van der Waals surface area contributed by atoms with Gasteiger partial charge in [-0.1, -0.05) is 29.8 Å². The van der Waals surface area contributed by atoms with Crippen LogP contribution < -0.4 is 5.32 Å². The largest absolute Gasteiger partial charge is 0.505 e. The van der Waals surface area contributed by atoms with E-state index in [1.165, 1.54) is 12.1 Å². The first-order valence-corrected chi connectivity index (χ1v) is 7.01. The summed E-state index contributed by atoms with van der Waals surface area (Å²) in [5.74, 6) is -1.54. The highest BCUT2D eigenvalue weighted by Crippen LogP contribution is 2.19. The van der Waals surface area contributed by atoms with Crippen LogP contribution in [-0.2, 0) is 11.3 Å². The molecule has 0 aromatic heterocycles. The van der Waals surface area contributed by atoms with Gasteiger partial charge in [-0.25, -0.2) is 4.39 Å².